The Morgan fingerprint density at radius 2 is 1.90 bits per heavy atom. The Balaban J connectivity index is 2.19. The zero-order valence-corrected chi connectivity index (χ0v) is 18.3. The van der Waals surface area contributed by atoms with Crippen molar-refractivity contribution in [3.05, 3.63) is 29.8 Å². The number of esters is 1. The van der Waals surface area contributed by atoms with E-state index in [1.165, 1.54) is 19.5 Å². The van der Waals surface area contributed by atoms with E-state index < -0.39 is 50.3 Å². The SMILES string of the molecule is COC(=O)[C@@H](C)NP(=O)(OC[C@H]1OC(C)(C)O[C@H]1C(=O)NO)Oc1ccc(C)cc1. The number of nitrogens with one attached hydrogen (secondary N) is 2. The number of rotatable bonds is 9. The first-order chi connectivity index (χ1) is 14.0. The van der Waals surface area contributed by atoms with Crippen molar-refractivity contribution in [2.45, 2.75) is 51.7 Å². The number of aryl methyl sites for hydroxylation is 1. The molecule has 1 heterocycles. The number of methoxy groups -OCH3 is 1. The van der Waals surface area contributed by atoms with Crippen LogP contribution in [0.3, 0.4) is 0 Å². The number of hydroxylamine groups is 1. The van der Waals surface area contributed by atoms with Crippen molar-refractivity contribution in [2.24, 2.45) is 0 Å². The predicted molar refractivity (Wildman–Crippen MR) is 104 cm³/mol. The number of hydrogen-bond donors (Lipinski definition) is 3. The molecule has 4 atom stereocenters. The lowest BCUT2D eigenvalue weighted by molar-refractivity contribution is -0.160. The molecule has 1 aliphatic rings. The lowest BCUT2D eigenvalue weighted by Crippen LogP contribution is -2.42. The summed E-state index contributed by atoms with van der Waals surface area (Å²) >= 11 is 0. The first-order valence-corrected chi connectivity index (χ1v) is 10.7. The van der Waals surface area contributed by atoms with Crippen LogP contribution in [0, 0.1) is 6.92 Å². The average Bonchev–Trinajstić information content (AvgIpc) is 3.01. The van der Waals surface area contributed by atoms with Crippen molar-refractivity contribution in [2.75, 3.05) is 13.7 Å². The normalized spacial score (nSPS) is 23.3. The Hall–Kier alpha value is -2.01. The fraction of sp³-hybridized carbons (Fsp3) is 0.556. The summed E-state index contributed by atoms with van der Waals surface area (Å²) in [6.45, 7) is 6.06. The van der Waals surface area contributed by atoms with E-state index in [0.717, 1.165) is 5.56 Å². The highest BCUT2D eigenvalue weighted by Crippen LogP contribution is 2.46. The van der Waals surface area contributed by atoms with E-state index in [9.17, 15) is 14.2 Å². The summed E-state index contributed by atoms with van der Waals surface area (Å²) in [6, 6.07) is 5.68. The molecular weight excluding hydrogens is 419 g/mol. The molecule has 1 aromatic rings. The Morgan fingerprint density at radius 1 is 1.27 bits per heavy atom. The standard InChI is InChI=1S/C18H27N2O9P/c1-11-6-8-13(9-7-11)29-30(24,20-12(2)17(22)25-5)26-10-14-15(16(21)19-23)28-18(3,4)27-14/h6-9,12,14-15,23H,10H2,1-5H3,(H,19,21)(H,20,24)/t12-,14-,15-,30?/m1/s1. The number of amides is 1. The van der Waals surface area contributed by atoms with Crippen LogP contribution < -0.4 is 15.1 Å². The second-order valence-corrected chi connectivity index (χ2v) is 8.84. The Labute approximate surface area is 174 Å². The molecule has 1 aromatic carbocycles. The molecule has 1 unspecified atom stereocenters. The minimum Gasteiger partial charge on any atom is -0.468 e. The highest BCUT2D eigenvalue weighted by Gasteiger charge is 2.46. The molecule has 1 fully saturated rings. The van der Waals surface area contributed by atoms with E-state index in [-0.39, 0.29) is 5.75 Å². The Morgan fingerprint density at radius 3 is 2.47 bits per heavy atom. The maximum Gasteiger partial charge on any atom is 0.459 e. The fourth-order valence-corrected chi connectivity index (χ4v) is 4.21. The quantitative estimate of drug-likeness (QED) is 0.222. The van der Waals surface area contributed by atoms with Crippen LogP contribution in [0.2, 0.25) is 0 Å². The topological polar surface area (TPSA) is 142 Å². The molecule has 11 nitrogen and oxygen atoms in total. The molecular formula is C18H27N2O9P. The van der Waals surface area contributed by atoms with Crippen molar-refractivity contribution in [1.29, 1.82) is 0 Å². The maximum atomic E-state index is 13.4. The summed E-state index contributed by atoms with van der Waals surface area (Å²) in [5.74, 6) is -2.42. The average molecular weight is 446 g/mol. The highest BCUT2D eigenvalue weighted by atomic mass is 31.2. The van der Waals surface area contributed by atoms with Gasteiger partial charge < -0.3 is 18.7 Å². The minimum atomic E-state index is -4.12. The molecule has 1 amide bonds. The molecule has 3 N–H and O–H groups in total. The third kappa shape index (κ3) is 6.49. The van der Waals surface area contributed by atoms with Crippen LogP contribution in [0.5, 0.6) is 5.75 Å². The van der Waals surface area contributed by atoms with Gasteiger partial charge in [0.1, 0.15) is 17.9 Å². The van der Waals surface area contributed by atoms with Crippen LogP contribution in [-0.4, -0.2) is 54.8 Å². The van der Waals surface area contributed by atoms with E-state index >= 15 is 0 Å². The monoisotopic (exact) mass is 446 g/mol. The molecule has 2 rings (SSSR count). The van der Waals surface area contributed by atoms with Gasteiger partial charge in [0, 0.05) is 0 Å². The molecule has 0 saturated carbocycles. The van der Waals surface area contributed by atoms with Gasteiger partial charge >= 0.3 is 13.7 Å². The molecule has 0 spiro atoms. The summed E-state index contributed by atoms with van der Waals surface area (Å²) < 4.78 is 40.0. The van der Waals surface area contributed by atoms with Crippen LogP contribution in [0.4, 0.5) is 0 Å². The zero-order valence-electron chi connectivity index (χ0n) is 17.4. The van der Waals surface area contributed by atoms with E-state index in [4.69, 9.17) is 23.7 Å². The molecule has 1 saturated heterocycles. The van der Waals surface area contributed by atoms with Gasteiger partial charge in [-0.1, -0.05) is 17.7 Å². The first-order valence-electron chi connectivity index (χ1n) is 9.14. The number of ether oxygens (including phenoxy) is 3. The summed E-state index contributed by atoms with van der Waals surface area (Å²) in [6.07, 6.45) is -2.21. The number of carbonyl (C=O) groups excluding carboxylic acids is 2. The molecule has 0 aromatic heterocycles. The minimum absolute atomic E-state index is 0.238. The number of benzene rings is 1. The lowest BCUT2D eigenvalue weighted by atomic mass is 10.2. The molecule has 168 valence electrons. The van der Waals surface area contributed by atoms with Gasteiger partial charge in [-0.3, -0.25) is 19.3 Å². The largest absolute Gasteiger partial charge is 0.468 e. The van der Waals surface area contributed by atoms with Gasteiger partial charge in [0.2, 0.25) is 0 Å². The first kappa shape index (κ1) is 24.3. The van der Waals surface area contributed by atoms with Crippen LogP contribution >= 0.6 is 7.75 Å². The fourth-order valence-electron chi connectivity index (χ4n) is 2.71. The van der Waals surface area contributed by atoms with E-state index in [2.05, 4.69) is 9.82 Å². The lowest BCUT2D eigenvalue weighted by Gasteiger charge is -2.24. The Bertz CT molecular complexity index is 799. The molecule has 0 radical (unpaired) electrons. The summed E-state index contributed by atoms with van der Waals surface area (Å²) in [5.41, 5.74) is 2.46. The summed E-state index contributed by atoms with van der Waals surface area (Å²) in [4.78, 5) is 23.6. The third-order valence-electron chi connectivity index (χ3n) is 4.11. The number of hydrogen-bond acceptors (Lipinski definition) is 9. The van der Waals surface area contributed by atoms with Gasteiger partial charge in [-0.05, 0) is 39.8 Å². The van der Waals surface area contributed by atoms with Crippen LogP contribution in [0.1, 0.15) is 26.3 Å². The smallest absolute Gasteiger partial charge is 0.459 e. The van der Waals surface area contributed by atoms with Crippen LogP contribution in [0.15, 0.2) is 24.3 Å². The molecule has 30 heavy (non-hydrogen) atoms. The second-order valence-electron chi connectivity index (χ2n) is 7.14. The molecule has 12 heteroatoms. The van der Waals surface area contributed by atoms with Crippen molar-refractivity contribution >= 4 is 19.6 Å². The van der Waals surface area contributed by atoms with E-state index in [1.807, 2.05) is 6.92 Å². The van der Waals surface area contributed by atoms with Gasteiger partial charge in [-0.2, -0.15) is 5.09 Å². The van der Waals surface area contributed by atoms with Crippen molar-refractivity contribution < 1.29 is 42.6 Å². The molecule has 0 aliphatic carbocycles. The summed E-state index contributed by atoms with van der Waals surface area (Å²) in [7, 11) is -2.93. The van der Waals surface area contributed by atoms with Crippen molar-refractivity contribution in [3.8, 4) is 5.75 Å². The summed E-state index contributed by atoms with van der Waals surface area (Å²) in [5, 5.41) is 11.4. The van der Waals surface area contributed by atoms with Gasteiger partial charge in [-0.25, -0.2) is 10.0 Å². The molecule has 1 aliphatic heterocycles. The van der Waals surface area contributed by atoms with E-state index in [0.29, 0.717) is 0 Å². The second kappa shape index (κ2) is 9.86. The molecule has 0 bridgehead atoms. The van der Waals surface area contributed by atoms with Gasteiger partial charge in [-0.15, -0.1) is 0 Å². The third-order valence-corrected chi connectivity index (χ3v) is 5.76. The van der Waals surface area contributed by atoms with Gasteiger partial charge in [0.15, 0.2) is 11.9 Å². The van der Waals surface area contributed by atoms with Crippen molar-refractivity contribution in [3.63, 3.8) is 0 Å². The highest BCUT2D eigenvalue weighted by molar-refractivity contribution is 7.52. The van der Waals surface area contributed by atoms with E-state index in [1.54, 1.807) is 38.1 Å². The van der Waals surface area contributed by atoms with Gasteiger partial charge in [0.05, 0.1) is 13.7 Å². The van der Waals surface area contributed by atoms with Crippen molar-refractivity contribution in [1.82, 2.24) is 10.6 Å². The van der Waals surface area contributed by atoms with Gasteiger partial charge in [0.25, 0.3) is 5.91 Å². The predicted octanol–water partition coefficient (Wildman–Crippen LogP) is 1.68. The van der Waals surface area contributed by atoms with Crippen LogP contribution in [-0.2, 0) is 32.9 Å². The maximum absolute atomic E-state index is 13.4. The van der Waals surface area contributed by atoms with Crippen LogP contribution in [0.25, 0.3) is 0 Å². The number of carbonyl (C=O) groups is 2. The Kier molecular flexibility index (Phi) is 7.98. The zero-order chi connectivity index (χ0) is 22.5.